The normalized spacial score (nSPS) is 25.2. The molecule has 4 aliphatic rings. The summed E-state index contributed by atoms with van der Waals surface area (Å²) in [6, 6.07) is 7.46. The standard InChI is InChI=1S/C20H27N3O3/c1-2-26-18-9-6-16(7-10-18)21-20(25)22-12-15-5-8-17(13-22)23(19(15)24)11-14-3-4-14/h6-7,9-10,14-15,17H,2-5,8,11-13H2,1H3,(H,21,25)/t15-,17+/m0/s1. The van der Waals surface area contributed by atoms with Gasteiger partial charge in [0.2, 0.25) is 5.91 Å². The number of carbonyl (C=O) groups is 2. The molecule has 0 radical (unpaired) electrons. The van der Waals surface area contributed by atoms with Crippen molar-refractivity contribution < 1.29 is 14.3 Å². The van der Waals surface area contributed by atoms with Crippen LogP contribution in [0.15, 0.2) is 24.3 Å². The van der Waals surface area contributed by atoms with Gasteiger partial charge in [-0.25, -0.2) is 4.79 Å². The molecule has 6 nitrogen and oxygen atoms in total. The van der Waals surface area contributed by atoms with Gasteiger partial charge in [-0.1, -0.05) is 0 Å². The van der Waals surface area contributed by atoms with Crippen LogP contribution in [0.5, 0.6) is 5.75 Å². The summed E-state index contributed by atoms with van der Waals surface area (Å²) in [7, 11) is 0. The molecule has 0 aromatic heterocycles. The first-order valence-electron chi connectivity index (χ1n) is 9.73. The van der Waals surface area contributed by atoms with E-state index in [-0.39, 0.29) is 23.9 Å². The van der Waals surface area contributed by atoms with Crippen LogP contribution < -0.4 is 10.1 Å². The van der Waals surface area contributed by atoms with E-state index in [0.29, 0.717) is 25.6 Å². The lowest BCUT2D eigenvalue weighted by atomic mass is 9.94. The monoisotopic (exact) mass is 357 g/mol. The quantitative estimate of drug-likeness (QED) is 0.881. The number of ether oxygens (including phenoxy) is 1. The molecule has 6 heteroatoms. The molecule has 26 heavy (non-hydrogen) atoms. The van der Waals surface area contributed by atoms with Crippen molar-refractivity contribution in [2.75, 3.05) is 31.6 Å². The topological polar surface area (TPSA) is 61.9 Å². The summed E-state index contributed by atoms with van der Waals surface area (Å²) in [5, 5.41) is 2.96. The summed E-state index contributed by atoms with van der Waals surface area (Å²) in [5.41, 5.74) is 0.746. The van der Waals surface area contributed by atoms with Gasteiger partial charge in [0.1, 0.15) is 5.75 Å². The molecule has 1 aromatic carbocycles. The van der Waals surface area contributed by atoms with Gasteiger partial charge < -0.3 is 19.9 Å². The Hall–Kier alpha value is -2.24. The Morgan fingerprint density at radius 2 is 1.92 bits per heavy atom. The molecule has 3 saturated heterocycles. The third kappa shape index (κ3) is 3.64. The van der Waals surface area contributed by atoms with Crippen LogP contribution >= 0.6 is 0 Å². The van der Waals surface area contributed by atoms with Crippen LogP contribution in [-0.2, 0) is 4.79 Å². The number of anilines is 1. The predicted molar refractivity (Wildman–Crippen MR) is 99.2 cm³/mol. The number of fused-ring (bicyclic) bond motifs is 4. The Kier molecular flexibility index (Phi) is 4.74. The van der Waals surface area contributed by atoms with Gasteiger partial charge in [-0.05, 0) is 62.8 Å². The van der Waals surface area contributed by atoms with E-state index in [1.54, 1.807) is 0 Å². The summed E-state index contributed by atoms with van der Waals surface area (Å²) in [5.74, 6) is 1.69. The van der Waals surface area contributed by atoms with Crippen molar-refractivity contribution in [1.29, 1.82) is 0 Å². The van der Waals surface area contributed by atoms with Gasteiger partial charge in [0.05, 0.1) is 12.5 Å². The van der Waals surface area contributed by atoms with Crippen molar-refractivity contribution in [3.05, 3.63) is 24.3 Å². The number of benzene rings is 1. The van der Waals surface area contributed by atoms with Crippen molar-refractivity contribution in [2.24, 2.45) is 11.8 Å². The van der Waals surface area contributed by atoms with Gasteiger partial charge in [-0.15, -0.1) is 0 Å². The second kappa shape index (κ2) is 7.17. The maximum Gasteiger partial charge on any atom is 0.321 e. The molecular formula is C20H27N3O3. The first kappa shape index (κ1) is 17.2. The zero-order chi connectivity index (χ0) is 18.1. The van der Waals surface area contributed by atoms with Crippen LogP contribution in [0.1, 0.15) is 32.6 Å². The smallest absolute Gasteiger partial charge is 0.321 e. The van der Waals surface area contributed by atoms with Crippen LogP contribution in [0.25, 0.3) is 0 Å². The fourth-order valence-corrected chi connectivity index (χ4v) is 4.03. The second-order valence-electron chi connectivity index (χ2n) is 7.65. The fraction of sp³-hybridized carbons (Fsp3) is 0.600. The van der Waals surface area contributed by atoms with Crippen LogP contribution in [0.4, 0.5) is 10.5 Å². The SMILES string of the molecule is CCOc1ccc(NC(=O)N2C[C@@H]3CC[C@H](C2)N(CC2CC2)C3=O)cc1. The minimum absolute atomic E-state index is 0.0430. The highest BCUT2D eigenvalue weighted by molar-refractivity contribution is 5.90. The van der Waals surface area contributed by atoms with Crippen molar-refractivity contribution >= 4 is 17.6 Å². The van der Waals surface area contributed by atoms with Gasteiger partial charge in [-0.3, -0.25) is 4.79 Å². The van der Waals surface area contributed by atoms with E-state index in [1.165, 1.54) is 12.8 Å². The first-order valence-corrected chi connectivity index (χ1v) is 9.73. The van der Waals surface area contributed by atoms with Crippen molar-refractivity contribution in [3.63, 3.8) is 0 Å². The molecule has 1 N–H and O–H groups in total. The number of rotatable bonds is 5. The first-order chi connectivity index (χ1) is 12.6. The lowest BCUT2D eigenvalue weighted by Gasteiger charge is -2.36. The lowest BCUT2D eigenvalue weighted by Crippen LogP contribution is -2.49. The van der Waals surface area contributed by atoms with Crippen LogP contribution in [-0.4, -0.2) is 54.0 Å². The van der Waals surface area contributed by atoms with E-state index in [4.69, 9.17) is 4.74 Å². The molecule has 3 heterocycles. The minimum atomic E-state index is -0.118. The number of piperidine rings is 1. The van der Waals surface area contributed by atoms with Crippen molar-refractivity contribution in [3.8, 4) is 5.75 Å². The summed E-state index contributed by atoms with van der Waals surface area (Å²) in [6.45, 7) is 4.61. The molecule has 2 atom stereocenters. The minimum Gasteiger partial charge on any atom is -0.494 e. The Morgan fingerprint density at radius 1 is 1.15 bits per heavy atom. The molecule has 140 valence electrons. The van der Waals surface area contributed by atoms with Crippen molar-refractivity contribution in [2.45, 2.75) is 38.6 Å². The molecule has 4 fully saturated rings. The zero-order valence-electron chi connectivity index (χ0n) is 15.3. The van der Waals surface area contributed by atoms with Crippen LogP contribution in [0, 0.1) is 11.8 Å². The third-order valence-corrected chi connectivity index (χ3v) is 5.65. The number of urea groups is 1. The van der Waals surface area contributed by atoms with E-state index in [1.807, 2.05) is 36.1 Å². The van der Waals surface area contributed by atoms with Gasteiger partial charge in [0.25, 0.3) is 0 Å². The average Bonchev–Trinajstić information content (AvgIpc) is 3.47. The number of nitrogens with one attached hydrogen (secondary N) is 1. The molecular weight excluding hydrogens is 330 g/mol. The Labute approximate surface area is 154 Å². The van der Waals surface area contributed by atoms with Gasteiger partial charge in [-0.2, -0.15) is 0 Å². The van der Waals surface area contributed by atoms with Crippen molar-refractivity contribution in [1.82, 2.24) is 9.80 Å². The number of amides is 3. The largest absolute Gasteiger partial charge is 0.494 e. The summed E-state index contributed by atoms with van der Waals surface area (Å²) in [6.07, 6.45) is 4.39. The lowest BCUT2D eigenvalue weighted by molar-refractivity contribution is -0.140. The van der Waals surface area contributed by atoms with E-state index < -0.39 is 0 Å². The number of carbonyl (C=O) groups excluding carboxylic acids is 2. The van der Waals surface area contributed by atoms with E-state index in [0.717, 1.165) is 30.8 Å². The second-order valence-corrected chi connectivity index (χ2v) is 7.65. The van der Waals surface area contributed by atoms with E-state index in [9.17, 15) is 9.59 Å². The molecule has 2 bridgehead atoms. The average molecular weight is 357 g/mol. The Morgan fingerprint density at radius 3 is 2.62 bits per heavy atom. The molecule has 5 rings (SSSR count). The number of hydrogen-bond donors (Lipinski definition) is 1. The molecule has 3 amide bonds. The maximum atomic E-state index is 12.8. The Bertz CT molecular complexity index is 671. The third-order valence-electron chi connectivity index (χ3n) is 5.65. The van der Waals surface area contributed by atoms with E-state index in [2.05, 4.69) is 10.2 Å². The molecule has 1 saturated carbocycles. The summed E-state index contributed by atoms with van der Waals surface area (Å²) < 4.78 is 5.43. The highest BCUT2D eigenvalue weighted by atomic mass is 16.5. The molecule has 0 unspecified atom stereocenters. The van der Waals surface area contributed by atoms with E-state index >= 15 is 0 Å². The van der Waals surface area contributed by atoms with Crippen LogP contribution in [0.3, 0.4) is 0 Å². The molecule has 1 aliphatic carbocycles. The molecule has 0 spiro atoms. The summed E-state index contributed by atoms with van der Waals surface area (Å²) >= 11 is 0. The molecule has 1 aromatic rings. The molecule has 3 aliphatic heterocycles. The summed E-state index contributed by atoms with van der Waals surface area (Å²) in [4.78, 5) is 29.4. The zero-order valence-corrected chi connectivity index (χ0v) is 15.3. The Balaban J connectivity index is 1.41. The van der Waals surface area contributed by atoms with Gasteiger partial charge in [0.15, 0.2) is 0 Å². The number of nitrogens with zero attached hydrogens (tertiary/aromatic N) is 2. The highest BCUT2D eigenvalue weighted by Gasteiger charge is 2.43. The fourth-order valence-electron chi connectivity index (χ4n) is 4.03. The highest BCUT2D eigenvalue weighted by Crippen LogP contribution is 2.35. The van der Waals surface area contributed by atoms with Crippen LogP contribution in [0.2, 0.25) is 0 Å². The van der Waals surface area contributed by atoms with Gasteiger partial charge >= 0.3 is 6.03 Å². The number of hydrogen-bond acceptors (Lipinski definition) is 3. The van der Waals surface area contributed by atoms with Gasteiger partial charge in [0, 0.05) is 31.4 Å². The maximum absolute atomic E-state index is 12.8. The predicted octanol–water partition coefficient (Wildman–Crippen LogP) is 2.95.